The van der Waals surface area contributed by atoms with Gasteiger partial charge in [0.2, 0.25) is 0 Å². The third kappa shape index (κ3) is 3.53. The molecule has 0 aromatic heterocycles. The Balaban J connectivity index is 1.87. The van der Waals surface area contributed by atoms with Crippen molar-refractivity contribution in [3.63, 3.8) is 0 Å². The molecule has 25 heavy (non-hydrogen) atoms. The van der Waals surface area contributed by atoms with Gasteiger partial charge in [0.15, 0.2) is 11.5 Å². The monoisotopic (exact) mass is 355 g/mol. The molecule has 0 saturated carbocycles. The third-order valence-electron chi connectivity index (χ3n) is 3.83. The molecule has 1 aliphatic rings. The fourth-order valence-electron chi connectivity index (χ4n) is 2.79. The average Bonchev–Trinajstić information content (AvgIpc) is 2.78. The number of carbonyl (C=O) groups excluding carboxylic acids is 2. The van der Waals surface area contributed by atoms with Gasteiger partial charge in [-0.25, -0.2) is 0 Å². The molecule has 2 amide bonds. The van der Waals surface area contributed by atoms with Gasteiger partial charge in [0.05, 0.1) is 11.4 Å². The summed E-state index contributed by atoms with van der Waals surface area (Å²) in [6.07, 6.45) is 1.42. The zero-order valence-electron chi connectivity index (χ0n) is 13.8. The number of hydrogen-bond donors (Lipinski definition) is 2. The van der Waals surface area contributed by atoms with Crippen LogP contribution in [0.25, 0.3) is 6.08 Å². The lowest BCUT2D eigenvalue weighted by atomic mass is 10.1. The van der Waals surface area contributed by atoms with Crippen molar-refractivity contribution in [1.82, 2.24) is 4.90 Å². The molecular formula is C19H17NO4S. The van der Waals surface area contributed by atoms with Gasteiger partial charge in [-0.3, -0.25) is 14.5 Å². The summed E-state index contributed by atoms with van der Waals surface area (Å²) in [7, 11) is 0. The van der Waals surface area contributed by atoms with Gasteiger partial charge < -0.3 is 10.2 Å². The second-order valence-electron chi connectivity index (χ2n) is 5.98. The molecule has 1 saturated heterocycles. The lowest BCUT2D eigenvalue weighted by Crippen LogP contribution is -2.27. The third-order valence-corrected chi connectivity index (χ3v) is 4.74. The van der Waals surface area contributed by atoms with Crippen LogP contribution < -0.4 is 0 Å². The molecule has 1 fully saturated rings. The van der Waals surface area contributed by atoms with Crippen molar-refractivity contribution in [3.05, 3.63) is 63.6 Å². The Hall–Kier alpha value is -2.73. The highest BCUT2D eigenvalue weighted by molar-refractivity contribution is 8.18. The largest absolute Gasteiger partial charge is 0.504 e. The first-order valence-electron chi connectivity index (χ1n) is 7.68. The van der Waals surface area contributed by atoms with Crippen LogP contribution >= 0.6 is 11.8 Å². The first-order chi connectivity index (χ1) is 11.8. The van der Waals surface area contributed by atoms with E-state index in [-0.39, 0.29) is 33.8 Å². The predicted molar refractivity (Wildman–Crippen MR) is 97.2 cm³/mol. The number of para-hydroxylation sites is 1. The maximum absolute atomic E-state index is 12.6. The average molecular weight is 355 g/mol. The zero-order valence-corrected chi connectivity index (χ0v) is 14.6. The molecule has 2 aromatic rings. The summed E-state index contributed by atoms with van der Waals surface area (Å²) in [5, 5.41) is 19.0. The van der Waals surface area contributed by atoms with Gasteiger partial charge in [-0.2, -0.15) is 0 Å². The quantitative estimate of drug-likeness (QED) is 0.644. The van der Waals surface area contributed by atoms with Crippen LogP contribution in [0, 0.1) is 13.8 Å². The molecule has 0 bridgehead atoms. The van der Waals surface area contributed by atoms with E-state index < -0.39 is 5.91 Å². The Morgan fingerprint density at radius 3 is 2.44 bits per heavy atom. The van der Waals surface area contributed by atoms with Crippen molar-refractivity contribution in [2.24, 2.45) is 0 Å². The van der Waals surface area contributed by atoms with Crippen LogP contribution in [0.2, 0.25) is 0 Å². The molecule has 6 heteroatoms. The smallest absolute Gasteiger partial charge is 0.293 e. The number of nitrogens with zero attached hydrogens (tertiary/aromatic N) is 1. The van der Waals surface area contributed by atoms with Crippen LogP contribution in [0.3, 0.4) is 0 Å². The normalized spacial score (nSPS) is 16.1. The Kier molecular flexibility index (Phi) is 4.55. The van der Waals surface area contributed by atoms with Gasteiger partial charge in [-0.05, 0) is 43.3 Å². The maximum Gasteiger partial charge on any atom is 0.293 e. The number of phenolic OH excluding ortho intramolecular Hbond substituents is 2. The van der Waals surface area contributed by atoms with E-state index in [1.165, 1.54) is 17.0 Å². The van der Waals surface area contributed by atoms with Crippen molar-refractivity contribution >= 4 is 29.0 Å². The minimum absolute atomic E-state index is 0.205. The zero-order chi connectivity index (χ0) is 18.1. The fraction of sp³-hybridized carbons (Fsp3) is 0.158. The summed E-state index contributed by atoms with van der Waals surface area (Å²) in [4.78, 5) is 26.2. The van der Waals surface area contributed by atoms with E-state index in [1.807, 2.05) is 32.0 Å². The second-order valence-corrected chi connectivity index (χ2v) is 6.97. The summed E-state index contributed by atoms with van der Waals surface area (Å²) < 4.78 is 0. The van der Waals surface area contributed by atoms with Crippen LogP contribution in [0.5, 0.6) is 11.5 Å². The highest BCUT2D eigenvalue weighted by Crippen LogP contribution is 2.36. The molecule has 3 rings (SSSR count). The van der Waals surface area contributed by atoms with Gasteiger partial charge >= 0.3 is 0 Å². The lowest BCUT2D eigenvalue weighted by Gasteiger charge is -2.13. The highest BCUT2D eigenvalue weighted by Gasteiger charge is 2.35. The number of carbonyl (C=O) groups is 2. The van der Waals surface area contributed by atoms with E-state index in [0.29, 0.717) is 0 Å². The lowest BCUT2D eigenvalue weighted by molar-refractivity contribution is -0.123. The summed E-state index contributed by atoms with van der Waals surface area (Å²) in [5.74, 6) is -0.997. The summed E-state index contributed by atoms with van der Waals surface area (Å²) in [6, 6.07) is 10.4. The van der Waals surface area contributed by atoms with Crippen molar-refractivity contribution in [2.75, 3.05) is 0 Å². The van der Waals surface area contributed by atoms with E-state index in [1.54, 1.807) is 12.1 Å². The van der Waals surface area contributed by atoms with E-state index >= 15 is 0 Å². The minimum Gasteiger partial charge on any atom is -0.504 e. The first-order valence-corrected chi connectivity index (χ1v) is 8.50. The number of benzene rings is 2. The predicted octanol–water partition coefficient (Wildman–Crippen LogP) is 3.95. The van der Waals surface area contributed by atoms with E-state index in [0.717, 1.165) is 28.5 Å². The first kappa shape index (κ1) is 17.1. The molecule has 0 atom stereocenters. The van der Waals surface area contributed by atoms with Crippen LogP contribution in [0.15, 0.2) is 41.3 Å². The van der Waals surface area contributed by atoms with Crippen molar-refractivity contribution in [1.29, 1.82) is 0 Å². The number of rotatable bonds is 3. The summed E-state index contributed by atoms with van der Waals surface area (Å²) >= 11 is 0.825. The molecular weight excluding hydrogens is 338 g/mol. The van der Waals surface area contributed by atoms with Gasteiger partial charge in [0.25, 0.3) is 11.1 Å². The number of aryl methyl sites for hydroxylation is 2. The molecule has 128 valence electrons. The summed E-state index contributed by atoms with van der Waals surface area (Å²) in [5.41, 5.74) is 3.32. The van der Waals surface area contributed by atoms with Crippen molar-refractivity contribution in [3.8, 4) is 11.5 Å². The molecule has 1 aliphatic heterocycles. The second kappa shape index (κ2) is 6.64. The van der Waals surface area contributed by atoms with Crippen molar-refractivity contribution in [2.45, 2.75) is 20.4 Å². The standard InChI is InChI=1S/C19H17NO4S/c1-11-6-12(2)8-13(7-11)10-20-18(23)16(25-19(20)24)9-14-4-3-5-15(21)17(14)22/h3-9,21-22H,10H2,1-2H3. The highest BCUT2D eigenvalue weighted by atomic mass is 32.2. The molecule has 2 aromatic carbocycles. The van der Waals surface area contributed by atoms with Gasteiger partial charge in [0.1, 0.15) is 0 Å². The van der Waals surface area contributed by atoms with Crippen molar-refractivity contribution < 1.29 is 19.8 Å². The number of phenols is 2. The molecule has 5 nitrogen and oxygen atoms in total. The van der Waals surface area contributed by atoms with E-state index in [2.05, 4.69) is 0 Å². The topological polar surface area (TPSA) is 77.8 Å². The molecule has 0 spiro atoms. The van der Waals surface area contributed by atoms with Gasteiger partial charge in [0, 0.05) is 5.56 Å². The fourth-order valence-corrected chi connectivity index (χ4v) is 3.61. The molecule has 0 unspecified atom stereocenters. The number of aromatic hydroxyl groups is 2. The van der Waals surface area contributed by atoms with Gasteiger partial charge in [-0.1, -0.05) is 41.5 Å². The Morgan fingerprint density at radius 1 is 1.08 bits per heavy atom. The summed E-state index contributed by atoms with van der Waals surface area (Å²) in [6.45, 7) is 4.14. The van der Waals surface area contributed by atoms with Crippen LogP contribution in [0.1, 0.15) is 22.3 Å². The van der Waals surface area contributed by atoms with Crippen LogP contribution in [-0.2, 0) is 11.3 Å². The molecule has 0 aliphatic carbocycles. The number of thioether (sulfide) groups is 1. The SMILES string of the molecule is Cc1cc(C)cc(CN2C(=O)SC(=Cc3cccc(O)c3O)C2=O)c1. The Labute approximate surface area is 149 Å². The van der Waals surface area contributed by atoms with Gasteiger partial charge in [-0.15, -0.1) is 0 Å². The van der Waals surface area contributed by atoms with Crippen LogP contribution in [-0.4, -0.2) is 26.3 Å². The number of amides is 2. The number of imide groups is 1. The van der Waals surface area contributed by atoms with Crippen LogP contribution in [0.4, 0.5) is 4.79 Å². The Morgan fingerprint density at radius 2 is 1.76 bits per heavy atom. The van der Waals surface area contributed by atoms with E-state index in [9.17, 15) is 19.8 Å². The minimum atomic E-state index is -0.406. The molecule has 2 N–H and O–H groups in total. The maximum atomic E-state index is 12.6. The molecule has 1 heterocycles. The number of hydrogen-bond acceptors (Lipinski definition) is 5. The van der Waals surface area contributed by atoms with E-state index in [4.69, 9.17) is 0 Å². The Bertz CT molecular complexity index is 884. The molecule has 0 radical (unpaired) electrons.